The molecule has 6 heteroatoms. The Morgan fingerprint density at radius 3 is 2.50 bits per heavy atom. The molecule has 0 fully saturated rings. The highest BCUT2D eigenvalue weighted by atomic mass is 35.5. The summed E-state index contributed by atoms with van der Waals surface area (Å²) in [5, 5.41) is 15.7. The van der Waals surface area contributed by atoms with E-state index in [4.69, 9.17) is 23.2 Å². The maximum atomic E-state index is 12.2. The van der Waals surface area contributed by atoms with Gasteiger partial charge in [0.25, 0.3) is 5.91 Å². The Morgan fingerprint density at radius 1 is 1.17 bits per heavy atom. The molecule has 2 aromatic carbocycles. The third-order valence-corrected chi connectivity index (χ3v) is 3.91. The standard InChI is InChI=1S/C18H15Cl2N3O/c1-11-7-12(2)17(15(20)8-11)22-10-13(9-21)18(24)23-16-6-4-3-5-14(16)19/h3-8,10,22H,1-2H3,(H,23,24)/b13-10-. The molecular formula is C18H15Cl2N3O. The van der Waals surface area contributed by atoms with Crippen LogP contribution in [0.2, 0.25) is 10.0 Å². The first-order chi connectivity index (χ1) is 11.4. The maximum absolute atomic E-state index is 12.2. The summed E-state index contributed by atoms with van der Waals surface area (Å²) in [6, 6.07) is 12.4. The zero-order valence-electron chi connectivity index (χ0n) is 13.2. The summed E-state index contributed by atoms with van der Waals surface area (Å²) < 4.78 is 0. The third-order valence-electron chi connectivity index (χ3n) is 3.28. The molecule has 1 amide bonds. The highest BCUT2D eigenvalue weighted by molar-refractivity contribution is 6.34. The number of amides is 1. The number of carbonyl (C=O) groups excluding carboxylic acids is 1. The van der Waals surface area contributed by atoms with Crippen LogP contribution >= 0.6 is 23.2 Å². The highest BCUT2D eigenvalue weighted by Crippen LogP contribution is 2.27. The molecule has 0 spiro atoms. The number of nitrogens with zero attached hydrogens (tertiary/aromatic N) is 1. The van der Waals surface area contributed by atoms with Crippen molar-refractivity contribution < 1.29 is 4.79 Å². The van der Waals surface area contributed by atoms with E-state index in [1.165, 1.54) is 6.20 Å². The van der Waals surface area contributed by atoms with E-state index >= 15 is 0 Å². The Morgan fingerprint density at radius 2 is 1.88 bits per heavy atom. The lowest BCUT2D eigenvalue weighted by atomic mass is 10.1. The Kier molecular flexibility index (Phi) is 5.86. The van der Waals surface area contributed by atoms with Gasteiger partial charge in [-0.2, -0.15) is 5.26 Å². The van der Waals surface area contributed by atoms with Gasteiger partial charge in [0, 0.05) is 6.20 Å². The lowest BCUT2D eigenvalue weighted by molar-refractivity contribution is -0.112. The van der Waals surface area contributed by atoms with Gasteiger partial charge in [-0.1, -0.05) is 41.4 Å². The third kappa shape index (κ3) is 4.29. The molecule has 0 aromatic heterocycles. The minimum absolute atomic E-state index is 0.0917. The number of hydrogen-bond acceptors (Lipinski definition) is 3. The molecule has 0 aliphatic carbocycles. The first kappa shape index (κ1) is 17.9. The molecule has 0 saturated carbocycles. The second-order valence-electron chi connectivity index (χ2n) is 5.19. The van der Waals surface area contributed by atoms with Crippen LogP contribution in [-0.2, 0) is 4.79 Å². The van der Waals surface area contributed by atoms with Crippen LogP contribution in [0.1, 0.15) is 11.1 Å². The Hall–Kier alpha value is -2.48. The largest absolute Gasteiger partial charge is 0.359 e. The molecule has 24 heavy (non-hydrogen) atoms. The highest BCUT2D eigenvalue weighted by Gasteiger charge is 2.12. The first-order valence-electron chi connectivity index (χ1n) is 7.12. The van der Waals surface area contributed by atoms with Gasteiger partial charge in [-0.05, 0) is 43.2 Å². The summed E-state index contributed by atoms with van der Waals surface area (Å²) in [5.41, 5.74) is 2.95. The zero-order chi connectivity index (χ0) is 17.7. The minimum Gasteiger partial charge on any atom is -0.359 e. The van der Waals surface area contributed by atoms with Crippen molar-refractivity contribution in [2.75, 3.05) is 10.6 Å². The molecule has 2 N–H and O–H groups in total. The molecule has 0 atom stereocenters. The molecule has 122 valence electrons. The fourth-order valence-corrected chi connectivity index (χ4v) is 2.70. The van der Waals surface area contributed by atoms with Crippen LogP contribution in [0.25, 0.3) is 0 Å². The molecule has 2 aromatic rings. The van der Waals surface area contributed by atoms with Crippen LogP contribution in [0.3, 0.4) is 0 Å². The number of halogens is 2. The first-order valence-corrected chi connectivity index (χ1v) is 7.87. The fourth-order valence-electron chi connectivity index (χ4n) is 2.14. The molecular weight excluding hydrogens is 345 g/mol. The Balaban J connectivity index is 2.20. The van der Waals surface area contributed by atoms with E-state index in [9.17, 15) is 10.1 Å². The normalized spacial score (nSPS) is 10.9. The molecule has 0 bridgehead atoms. The summed E-state index contributed by atoms with van der Waals surface area (Å²) in [5.74, 6) is -0.556. The van der Waals surface area contributed by atoms with Gasteiger partial charge in [0.2, 0.25) is 0 Å². The van der Waals surface area contributed by atoms with E-state index in [1.807, 2.05) is 26.0 Å². The minimum atomic E-state index is -0.556. The van der Waals surface area contributed by atoms with Gasteiger partial charge < -0.3 is 10.6 Å². The quantitative estimate of drug-likeness (QED) is 0.591. The van der Waals surface area contributed by atoms with Gasteiger partial charge in [-0.15, -0.1) is 0 Å². The van der Waals surface area contributed by atoms with Crippen LogP contribution < -0.4 is 10.6 Å². The number of anilines is 2. The smallest absolute Gasteiger partial charge is 0.267 e. The van der Waals surface area contributed by atoms with Crippen LogP contribution in [0.15, 0.2) is 48.2 Å². The number of nitrogens with one attached hydrogen (secondary N) is 2. The molecule has 2 rings (SSSR count). The van der Waals surface area contributed by atoms with Crippen LogP contribution in [0.4, 0.5) is 11.4 Å². The second kappa shape index (κ2) is 7.87. The van der Waals surface area contributed by atoms with Crippen molar-refractivity contribution in [1.82, 2.24) is 0 Å². The Bertz CT molecular complexity index is 831. The number of benzene rings is 2. The topological polar surface area (TPSA) is 64.9 Å². The second-order valence-corrected chi connectivity index (χ2v) is 6.00. The van der Waals surface area contributed by atoms with E-state index in [0.29, 0.717) is 21.4 Å². The van der Waals surface area contributed by atoms with Crippen molar-refractivity contribution in [1.29, 1.82) is 5.26 Å². The van der Waals surface area contributed by atoms with Crippen molar-refractivity contribution in [2.45, 2.75) is 13.8 Å². The van der Waals surface area contributed by atoms with E-state index < -0.39 is 5.91 Å². The van der Waals surface area contributed by atoms with E-state index in [-0.39, 0.29) is 5.57 Å². The maximum Gasteiger partial charge on any atom is 0.267 e. The lowest BCUT2D eigenvalue weighted by Crippen LogP contribution is -2.15. The summed E-state index contributed by atoms with van der Waals surface area (Å²) >= 11 is 12.2. The molecule has 0 aliphatic heterocycles. The summed E-state index contributed by atoms with van der Waals surface area (Å²) in [4.78, 5) is 12.2. The van der Waals surface area contributed by atoms with Crippen molar-refractivity contribution in [2.24, 2.45) is 0 Å². The van der Waals surface area contributed by atoms with Crippen molar-refractivity contribution in [3.63, 3.8) is 0 Å². The molecule has 4 nitrogen and oxygen atoms in total. The SMILES string of the molecule is Cc1cc(C)c(N/C=C(/C#N)C(=O)Nc2ccccc2Cl)c(Cl)c1. The van der Waals surface area contributed by atoms with Crippen molar-refractivity contribution in [3.05, 3.63) is 69.3 Å². The van der Waals surface area contributed by atoms with Crippen LogP contribution in [0, 0.1) is 25.2 Å². The average Bonchev–Trinajstić information content (AvgIpc) is 2.52. The monoisotopic (exact) mass is 359 g/mol. The molecule has 0 heterocycles. The number of rotatable bonds is 4. The predicted octanol–water partition coefficient (Wildman–Crippen LogP) is 5.07. The predicted molar refractivity (Wildman–Crippen MR) is 98.3 cm³/mol. The summed E-state index contributed by atoms with van der Waals surface area (Å²) in [7, 11) is 0. The van der Waals surface area contributed by atoms with E-state index in [0.717, 1.165) is 11.1 Å². The molecule has 0 aliphatic rings. The van der Waals surface area contributed by atoms with Gasteiger partial charge in [-0.25, -0.2) is 0 Å². The van der Waals surface area contributed by atoms with Crippen LogP contribution in [0.5, 0.6) is 0 Å². The number of nitriles is 1. The number of carbonyl (C=O) groups is 1. The van der Waals surface area contributed by atoms with Crippen molar-refractivity contribution >= 4 is 40.5 Å². The van der Waals surface area contributed by atoms with Gasteiger partial charge in [0.05, 0.1) is 21.4 Å². The summed E-state index contributed by atoms with van der Waals surface area (Å²) in [6.45, 7) is 3.83. The number of hydrogen-bond donors (Lipinski definition) is 2. The average molecular weight is 360 g/mol. The fraction of sp³-hybridized carbons (Fsp3) is 0.111. The zero-order valence-corrected chi connectivity index (χ0v) is 14.7. The van der Waals surface area contributed by atoms with E-state index in [2.05, 4.69) is 10.6 Å². The van der Waals surface area contributed by atoms with Crippen molar-refractivity contribution in [3.8, 4) is 6.07 Å². The van der Waals surface area contributed by atoms with Gasteiger partial charge in [-0.3, -0.25) is 4.79 Å². The molecule has 0 radical (unpaired) electrons. The van der Waals surface area contributed by atoms with Crippen LogP contribution in [-0.4, -0.2) is 5.91 Å². The van der Waals surface area contributed by atoms with Gasteiger partial charge in [0.1, 0.15) is 11.6 Å². The number of aryl methyl sites for hydroxylation is 2. The van der Waals surface area contributed by atoms with E-state index in [1.54, 1.807) is 30.3 Å². The molecule has 0 saturated heterocycles. The lowest BCUT2D eigenvalue weighted by Gasteiger charge is -2.10. The number of para-hydroxylation sites is 1. The Labute approximate surface area is 150 Å². The van der Waals surface area contributed by atoms with Gasteiger partial charge >= 0.3 is 0 Å². The molecule has 0 unspecified atom stereocenters. The van der Waals surface area contributed by atoms with Gasteiger partial charge in [0.15, 0.2) is 0 Å². The summed E-state index contributed by atoms with van der Waals surface area (Å²) in [6.07, 6.45) is 1.33.